The number of esters is 2. The van der Waals surface area contributed by atoms with Crippen LogP contribution in [0.3, 0.4) is 0 Å². The van der Waals surface area contributed by atoms with Gasteiger partial charge in [-0.2, -0.15) is 8.42 Å². The minimum absolute atomic E-state index is 0. The normalized spacial score (nSPS) is 12.1. The first-order valence-corrected chi connectivity index (χ1v) is 8.11. The summed E-state index contributed by atoms with van der Waals surface area (Å²) in [5.74, 6) is -2.00. The Labute approximate surface area is 168 Å². The molecule has 0 aliphatic carbocycles. The molecule has 21 heavy (non-hydrogen) atoms. The topological polar surface area (TPSA) is 107 Å². The Hall–Kier alpha value is 0.486. The van der Waals surface area contributed by atoms with Crippen molar-refractivity contribution in [1.82, 2.24) is 0 Å². The summed E-state index contributed by atoms with van der Waals surface area (Å²) < 4.78 is 40.3. The molecule has 1 N–H and O–H groups in total. The molecule has 120 valence electrons. The van der Waals surface area contributed by atoms with Crippen molar-refractivity contribution in [3.05, 3.63) is 0 Å². The van der Waals surface area contributed by atoms with E-state index in [2.05, 4.69) is 4.74 Å². The average Bonchev–Trinajstić information content (AvgIpc) is 2.34. The van der Waals surface area contributed by atoms with Gasteiger partial charge in [0.05, 0.1) is 19.6 Å². The first kappa shape index (κ1) is 23.7. The second-order valence-corrected chi connectivity index (χ2v) is 5.84. The molecule has 0 aromatic rings. The van der Waals surface area contributed by atoms with Gasteiger partial charge in [0.1, 0.15) is 0 Å². The molecule has 0 aromatic heterocycles. The number of hydrogen-bond acceptors (Lipinski definition) is 6. The Balaban J connectivity index is 0. The number of carbonyl (C=O) groups is 2. The third kappa shape index (κ3) is 11.7. The van der Waals surface area contributed by atoms with E-state index in [-0.39, 0.29) is 64.6 Å². The molecule has 1 atom stereocenters. The van der Waals surface area contributed by atoms with Crippen LogP contribution in [0.15, 0.2) is 0 Å². The van der Waals surface area contributed by atoms with E-state index in [1.54, 1.807) is 0 Å². The number of rotatable bonds is 10. The van der Waals surface area contributed by atoms with E-state index in [0.717, 1.165) is 19.3 Å². The van der Waals surface area contributed by atoms with Crippen molar-refractivity contribution in [2.75, 3.05) is 13.2 Å². The molecule has 9 heteroatoms. The van der Waals surface area contributed by atoms with Crippen LogP contribution in [0.4, 0.5) is 0 Å². The van der Waals surface area contributed by atoms with Crippen LogP contribution in [0.1, 0.15) is 46.0 Å². The second kappa shape index (κ2) is 13.0. The van der Waals surface area contributed by atoms with E-state index in [9.17, 15) is 18.0 Å². The van der Waals surface area contributed by atoms with Crippen molar-refractivity contribution in [3.63, 3.8) is 0 Å². The van der Waals surface area contributed by atoms with Gasteiger partial charge < -0.3 is 9.47 Å². The molecule has 7 nitrogen and oxygen atoms in total. The van der Waals surface area contributed by atoms with Crippen molar-refractivity contribution in [2.24, 2.45) is 0 Å². The molecule has 0 heterocycles. The first-order chi connectivity index (χ1) is 9.32. The molecule has 1 unspecified atom stereocenters. The van der Waals surface area contributed by atoms with Crippen LogP contribution in [-0.2, 0) is 29.2 Å². The fourth-order valence-corrected chi connectivity index (χ4v) is 2.13. The van der Waals surface area contributed by atoms with Gasteiger partial charge in [-0.05, 0) is 13.3 Å². The zero-order chi connectivity index (χ0) is 15.6. The number of unbranched alkanes of at least 4 members (excludes halogenated alkanes) is 3. The predicted molar refractivity (Wildman–Crippen MR) is 78.8 cm³/mol. The minimum atomic E-state index is -4.70. The molecule has 0 fully saturated rings. The summed E-state index contributed by atoms with van der Waals surface area (Å²) in [5.41, 5.74) is 0. The van der Waals surface area contributed by atoms with Gasteiger partial charge in [-0.3, -0.25) is 14.1 Å². The van der Waals surface area contributed by atoms with Crippen LogP contribution < -0.4 is 0 Å². The Morgan fingerprint density at radius 3 is 2.19 bits per heavy atom. The maximum absolute atomic E-state index is 11.4. The predicted octanol–water partition coefficient (Wildman–Crippen LogP) is 0.671. The molecular weight excluding hydrogens is 327 g/mol. The molecule has 0 amide bonds. The summed E-state index contributed by atoms with van der Waals surface area (Å²) in [7, 11) is -4.70. The monoisotopic (exact) mass is 350 g/mol. The summed E-state index contributed by atoms with van der Waals surface area (Å²) in [6, 6.07) is 0. The van der Waals surface area contributed by atoms with E-state index in [0.29, 0.717) is 6.42 Å². The molecule has 0 aromatic carbocycles. The fraction of sp³-hybridized carbons (Fsp3) is 0.833. The van der Waals surface area contributed by atoms with Crippen LogP contribution in [0.5, 0.6) is 0 Å². The van der Waals surface area contributed by atoms with Gasteiger partial charge in [-0.15, -0.1) is 0 Å². The van der Waals surface area contributed by atoms with Crippen LogP contribution in [0.2, 0.25) is 0 Å². The molecule has 0 bridgehead atoms. The third-order valence-electron chi connectivity index (χ3n) is 2.52. The van der Waals surface area contributed by atoms with Gasteiger partial charge >= 0.3 is 63.3 Å². The van der Waals surface area contributed by atoms with Gasteiger partial charge in [0, 0.05) is 0 Å². The average molecular weight is 350 g/mol. The SMILES string of the molecule is CCCCCCOC(=O)CC(C(=O)OCC)S(=O)(=O)O.[KH]. The maximum atomic E-state index is 11.4. The summed E-state index contributed by atoms with van der Waals surface area (Å²) in [4.78, 5) is 22.8. The third-order valence-corrected chi connectivity index (χ3v) is 3.60. The molecule has 0 spiro atoms. The quantitative estimate of drug-likeness (QED) is 0.267. The first-order valence-electron chi connectivity index (χ1n) is 6.61. The van der Waals surface area contributed by atoms with Gasteiger partial charge in [0.25, 0.3) is 10.1 Å². The Kier molecular flexibility index (Phi) is 14.7. The Bertz CT molecular complexity index is 408. The van der Waals surface area contributed by atoms with Crippen molar-refractivity contribution >= 4 is 73.4 Å². The van der Waals surface area contributed by atoms with Crippen LogP contribution >= 0.6 is 0 Å². The molecular formula is C12H23KO7S. The fourth-order valence-electron chi connectivity index (χ4n) is 1.47. The zero-order valence-electron chi connectivity index (χ0n) is 11.8. The molecule has 0 radical (unpaired) electrons. The molecule has 0 rings (SSSR count). The number of ether oxygens (including phenoxy) is 2. The van der Waals surface area contributed by atoms with E-state index in [4.69, 9.17) is 9.29 Å². The van der Waals surface area contributed by atoms with Crippen LogP contribution in [0.25, 0.3) is 0 Å². The molecule has 0 aliphatic heterocycles. The van der Waals surface area contributed by atoms with Gasteiger partial charge in [0.15, 0.2) is 5.25 Å². The Morgan fingerprint density at radius 2 is 1.71 bits per heavy atom. The number of hydrogen-bond donors (Lipinski definition) is 1. The van der Waals surface area contributed by atoms with Crippen LogP contribution in [0, 0.1) is 0 Å². The summed E-state index contributed by atoms with van der Waals surface area (Å²) >= 11 is 0. The molecule has 0 saturated carbocycles. The zero-order valence-corrected chi connectivity index (χ0v) is 12.6. The van der Waals surface area contributed by atoms with Gasteiger partial charge in [-0.1, -0.05) is 26.2 Å². The Morgan fingerprint density at radius 1 is 1.10 bits per heavy atom. The van der Waals surface area contributed by atoms with Gasteiger partial charge in [0.2, 0.25) is 0 Å². The van der Waals surface area contributed by atoms with E-state index in [1.807, 2.05) is 6.92 Å². The number of carbonyl (C=O) groups excluding carboxylic acids is 2. The van der Waals surface area contributed by atoms with Crippen molar-refractivity contribution in [1.29, 1.82) is 0 Å². The van der Waals surface area contributed by atoms with Crippen molar-refractivity contribution in [3.8, 4) is 0 Å². The van der Waals surface area contributed by atoms with Crippen LogP contribution in [-0.4, -0.2) is 94.8 Å². The molecule has 0 saturated heterocycles. The summed E-state index contributed by atoms with van der Waals surface area (Å²) in [6.45, 7) is 3.66. The summed E-state index contributed by atoms with van der Waals surface area (Å²) in [6.07, 6.45) is 2.90. The molecule has 0 aliphatic rings. The second-order valence-electron chi connectivity index (χ2n) is 4.24. The van der Waals surface area contributed by atoms with Crippen molar-refractivity contribution < 1.29 is 32.0 Å². The summed E-state index contributed by atoms with van der Waals surface area (Å²) in [5, 5.41) is -1.93. The van der Waals surface area contributed by atoms with E-state index >= 15 is 0 Å². The van der Waals surface area contributed by atoms with E-state index in [1.165, 1.54) is 6.92 Å². The standard InChI is InChI=1S/C12H22O7S.K.H/c1-3-5-6-7-8-19-11(13)9-10(20(15,16)17)12(14)18-4-2;;/h10H,3-9H2,1-2H3,(H,15,16,17);;. The van der Waals surface area contributed by atoms with Gasteiger partial charge in [-0.25, -0.2) is 0 Å². The van der Waals surface area contributed by atoms with E-state index < -0.39 is 33.7 Å². The van der Waals surface area contributed by atoms with Crippen molar-refractivity contribution in [2.45, 2.75) is 51.2 Å².